The molecular weight excluding hydrogens is 290 g/mol. The number of hydrogen-bond acceptors (Lipinski definition) is 5. The van der Waals surface area contributed by atoms with Gasteiger partial charge in [-0.15, -0.1) is 0 Å². The van der Waals surface area contributed by atoms with Crippen LogP contribution in [0.2, 0.25) is 0 Å². The lowest BCUT2D eigenvalue weighted by molar-refractivity contribution is 0.598. The van der Waals surface area contributed by atoms with Crippen molar-refractivity contribution in [1.82, 2.24) is 9.55 Å². The normalized spacial score (nSPS) is 11.5. The van der Waals surface area contributed by atoms with Crippen molar-refractivity contribution >= 4 is 21.4 Å². The molecular formula is C13H19N5O2S. The number of nitrogens with one attached hydrogen (secondary N) is 1. The topological polar surface area (TPSA) is 116 Å². The Morgan fingerprint density at radius 1 is 1.29 bits per heavy atom. The SMILES string of the molecule is Nc1cc(S(N)(=O)=O)ccc1NCCCCn1ccnc1. The van der Waals surface area contributed by atoms with Crippen LogP contribution in [0, 0.1) is 0 Å². The van der Waals surface area contributed by atoms with Gasteiger partial charge in [-0.3, -0.25) is 0 Å². The van der Waals surface area contributed by atoms with Gasteiger partial charge in [0.15, 0.2) is 0 Å². The quantitative estimate of drug-likeness (QED) is 0.521. The van der Waals surface area contributed by atoms with Gasteiger partial charge in [-0.2, -0.15) is 0 Å². The van der Waals surface area contributed by atoms with Crippen LogP contribution < -0.4 is 16.2 Å². The summed E-state index contributed by atoms with van der Waals surface area (Å²) < 4.78 is 24.4. The summed E-state index contributed by atoms with van der Waals surface area (Å²) in [6.45, 7) is 1.68. The van der Waals surface area contributed by atoms with Crippen LogP contribution in [-0.4, -0.2) is 24.5 Å². The Hall–Kier alpha value is -2.06. The fourth-order valence-corrected chi connectivity index (χ4v) is 2.49. The third-order valence-corrected chi connectivity index (χ3v) is 3.98. The van der Waals surface area contributed by atoms with Crippen molar-refractivity contribution in [3.8, 4) is 0 Å². The molecule has 8 heteroatoms. The fourth-order valence-electron chi connectivity index (χ4n) is 1.94. The van der Waals surface area contributed by atoms with Gasteiger partial charge in [0.2, 0.25) is 10.0 Å². The zero-order valence-corrected chi connectivity index (χ0v) is 12.4. The van der Waals surface area contributed by atoms with E-state index < -0.39 is 10.0 Å². The van der Waals surface area contributed by atoms with Crippen LogP contribution in [0.5, 0.6) is 0 Å². The molecule has 0 saturated heterocycles. The molecule has 0 unspecified atom stereocenters. The van der Waals surface area contributed by atoms with Crippen molar-refractivity contribution in [2.24, 2.45) is 5.14 Å². The largest absolute Gasteiger partial charge is 0.397 e. The summed E-state index contributed by atoms with van der Waals surface area (Å²) in [7, 11) is -3.71. The highest BCUT2D eigenvalue weighted by atomic mass is 32.2. The first-order valence-corrected chi connectivity index (χ1v) is 8.13. The molecule has 0 amide bonds. The Morgan fingerprint density at radius 3 is 2.71 bits per heavy atom. The number of nitrogens with zero attached hydrogens (tertiary/aromatic N) is 2. The Bertz CT molecular complexity index is 683. The summed E-state index contributed by atoms with van der Waals surface area (Å²) in [6.07, 6.45) is 7.45. The molecule has 0 bridgehead atoms. The zero-order chi connectivity index (χ0) is 15.3. The Morgan fingerprint density at radius 2 is 2.10 bits per heavy atom. The number of primary sulfonamides is 1. The van der Waals surface area contributed by atoms with Crippen LogP contribution in [0.25, 0.3) is 0 Å². The second-order valence-corrected chi connectivity index (χ2v) is 6.29. The molecule has 0 atom stereocenters. The lowest BCUT2D eigenvalue weighted by Crippen LogP contribution is -2.13. The van der Waals surface area contributed by atoms with E-state index in [1.165, 1.54) is 12.1 Å². The molecule has 0 aliphatic heterocycles. The number of sulfonamides is 1. The lowest BCUT2D eigenvalue weighted by Gasteiger charge is -2.10. The van der Waals surface area contributed by atoms with Gasteiger partial charge in [-0.1, -0.05) is 0 Å². The summed E-state index contributed by atoms with van der Waals surface area (Å²) in [5, 5.41) is 8.24. The number of nitrogens with two attached hydrogens (primary N) is 2. The summed E-state index contributed by atoms with van der Waals surface area (Å²) in [5.74, 6) is 0. The third-order valence-electron chi connectivity index (χ3n) is 3.07. The van der Waals surface area contributed by atoms with Crippen molar-refractivity contribution in [3.63, 3.8) is 0 Å². The molecule has 0 aliphatic rings. The average Bonchev–Trinajstić information content (AvgIpc) is 2.92. The Balaban J connectivity index is 1.81. The van der Waals surface area contributed by atoms with E-state index >= 15 is 0 Å². The first-order valence-electron chi connectivity index (χ1n) is 6.59. The fraction of sp³-hybridized carbons (Fsp3) is 0.308. The average molecular weight is 309 g/mol. The van der Waals surface area contributed by atoms with E-state index in [1.807, 2.05) is 10.8 Å². The van der Waals surface area contributed by atoms with Crippen molar-refractivity contribution in [3.05, 3.63) is 36.9 Å². The van der Waals surface area contributed by atoms with E-state index in [4.69, 9.17) is 10.9 Å². The number of imidazole rings is 1. The van der Waals surface area contributed by atoms with Crippen LogP contribution in [0.15, 0.2) is 41.8 Å². The summed E-state index contributed by atoms with van der Waals surface area (Å²) in [6, 6.07) is 4.44. The van der Waals surface area contributed by atoms with E-state index in [2.05, 4.69) is 10.3 Å². The number of hydrogen-bond donors (Lipinski definition) is 3. The number of nitrogen functional groups attached to an aromatic ring is 1. The van der Waals surface area contributed by atoms with E-state index in [-0.39, 0.29) is 4.90 Å². The lowest BCUT2D eigenvalue weighted by atomic mass is 10.2. The molecule has 0 aliphatic carbocycles. The van der Waals surface area contributed by atoms with Crippen LogP contribution in [0.4, 0.5) is 11.4 Å². The van der Waals surface area contributed by atoms with E-state index in [1.54, 1.807) is 18.6 Å². The molecule has 1 aromatic heterocycles. The maximum absolute atomic E-state index is 11.2. The number of unbranched alkanes of at least 4 members (excludes halogenated alkanes) is 1. The van der Waals surface area contributed by atoms with Gasteiger partial charge in [0.25, 0.3) is 0 Å². The molecule has 1 heterocycles. The molecule has 0 spiro atoms. The van der Waals surface area contributed by atoms with Gasteiger partial charge in [-0.25, -0.2) is 18.5 Å². The number of aryl methyl sites for hydroxylation is 1. The number of benzene rings is 1. The number of anilines is 2. The van der Waals surface area contributed by atoms with Gasteiger partial charge in [0.1, 0.15) is 0 Å². The van der Waals surface area contributed by atoms with Gasteiger partial charge in [0, 0.05) is 25.5 Å². The predicted octanol–water partition coefficient (Wildman–Crippen LogP) is 1.00. The molecule has 1 aromatic carbocycles. The van der Waals surface area contributed by atoms with E-state index in [0.29, 0.717) is 11.4 Å². The highest BCUT2D eigenvalue weighted by molar-refractivity contribution is 7.89. The molecule has 2 aromatic rings. The maximum atomic E-state index is 11.2. The molecule has 5 N–H and O–H groups in total. The van der Waals surface area contributed by atoms with Gasteiger partial charge >= 0.3 is 0 Å². The zero-order valence-electron chi connectivity index (χ0n) is 11.6. The van der Waals surface area contributed by atoms with Crippen LogP contribution in [0.1, 0.15) is 12.8 Å². The monoisotopic (exact) mass is 309 g/mol. The molecule has 2 rings (SSSR count). The molecule has 21 heavy (non-hydrogen) atoms. The standard InChI is InChI=1S/C13H19N5O2S/c14-12-9-11(21(15,19)20)3-4-13(12)17-5-1-2-7-18-8-6-16-10-18/h3-4,6,8-10,17H,1-2,5,7,14H2,(H2,15,19,20). The van der Waals surface area contributed by atoms with Gasteiger partial charge in [-0.05, 0) is 31.0 Å². The second-order valence-electron chi connectivity index (χ2n) is 4.73. The smallest absolute Gasteiger partial charge is 0.238 e. The molecule has 0 saturated carbocycles. The first-order chi connectivity index (χ1) is 9.97. The van der Waals surface area contributed by atoms with Gasteiger partial charge in [0.05, 0.1) is 22.6 Å². The highest BCUT2D eigenvalue weighted by Crippen LogP contribution is 2.21. The minimum Gasteiger partial charge on any atom is -0.397 e. The molecule has 7 nitrogen and oxygen atoms in total. The van der Waals surface area contributed by atoms with Crippen molar-refractivity contribution in [2.75, 3.05) is 17.6 Å². The minimum atomic E-state index is -3.71. The van der Waals surface area contributed by atoms with Crippen LogP contribution in [-0.2, 0) is 16.6 Å². The predicted molar refractivity (Wildman–Crippen MR) is 82.2 cm³/mol. The number of rotatable bonds is 7. The first kappa shape index (κ1) is 15.3. The summed E-state index contributed by atoms with van der Waals surface area (Å²) >= 11 is 0. The molecule has 114 valence electrons. The maximum Gasteiger partial charge on any atom is 0.238 e. The Labute approximate surface area is 124 Å². The Kier molecular flexibility index (Phi) is 4.81. The van der Waals surface area contributed by atoms with Crippen molar-refractivity contribution in [1.29, 1.82) is 0 Å². The van der Waals surface area contributed by atoms with Crippen LogP contribution in [0.3, 0.4) is 0 Å². The molecule has 0 radical (unpaired) electrons. The number of aromatic nitrogens is 2. The van der Waals surface area contributed by atoms with Gasteiger partial charge < -0.3 is 15.6 Å². The summed E-state index contributed by atoms with van der Waals surface area (Å²) in [4.78, 5) is 4.00. The minimum absolute atomic E-state index is 0.0191. The third kappa shape index (κ3) is 4.47. The summed E-state index contributed by atoms with van der Waals surface area (Å²) in [5.41, 5.74) is 6.90. The van der Waals surface area contributed by atoms with E-state index in [9.17, 15) is 8.42 Å². The van der Waals surface area contributed by atoms with Crippen LogP contribution >= 0.6 is 0 Å². The van der Waals surface area contributed by atoms with Crippen molar-refractivity contribution in [2.45, 2.75) is 24.3 Å². The van der Waals surface area contributed by atoms with E-state index in [0.717, 1.165) is 25.9 Å². The highest BCUT2D eigenvalue weighted by Gasteiger charge is 2.09. The molecule has 0 fully saturated rings. The second kappa shape index (κ2) is 6.59. The van der Waals surface area contributed by atoms with Crippen molar-refractivity contribution < 1.29 is 8.42 Å².